The van der Waals surface area contributed by atoms with Crippen LogP contribution in [0, 0.1) is 0 Å². The molecule has 1 aromatic heterocycles. The molecule has 3 aliphatic rings. The summed E-state index contributed by atoms with van der Waals surface area (Å²) in [5.74, 6) is 2.34. The Morgan fingerprint density at radius 3 is 2.93 bits per heavy atom. The predicted molar refractivity (Wildman–Crippen MR) is 110 cm³/mol. The molecule has 0 spiro atoms. The number of nitrogens with zero attached hydrogens (tertiary/aromatic N) is 1. The van der Waals surface area contributed by atoms with Crippen LogP contribution in [0.2, 0.25) is 0 Å². The number of anilines is 1. The number of fused-ring (bicyclic) bond motifs is 2. The van der Waals surface area contributed by atoms with Crippen LogP contribution in [-0.2, 0) is 4.79 Å². The second-order valence-electron chi connectivity index (χ2n) is 7.32. The molecule has 0 saturated carbocycles. The maximum atomic E-state index is 13.1. The molecule has 2 N–H and O–H groups in total. The Morgan fingerprint density at radius 2 is 2.07 bits per heavy atom. The van der Waals surface area contributed by atoms with Crippen molar-refractivity contribution in [1.29, 1.82) is 0 Å². The van der Waals surface area contributed by atoms with Gasteiger partial charge in [-0.05, 0) is 37.0 Å². The number of nitrogens with one attached hydrogen (secondary N) is 2. The summed E-state index contributed by atoms with van der Waals surface area (Å²) in [5, 5.41) is 3.89. The van der Waals surface area contributed by atoms with E-state index in [0.717, 1.165) is 36.3 Å². The SMILES string of the molecule is CCCSc1nc2c(c(=O)[nH]1)[C@@H](c1ccc3c(c1)OCO3)C1=C(CCCC1=O)N2. The number of aromatic nitrogens is 2. The van der Waals surface area contributed by atoms with Gasteiger partial charge in [0.15, 0.2) is 22.4 Å². The van der Waals surface area contributed by atoms with Gasteiger partial charge in [0, 0.05) is 29.4 Å². The van der Waals surface area contributed by atoms with Crippen molar-refractivity contribution in [3.05, 3.63) is 50.9 Å². The van der Waals surface area contributed by atoms with E-state index in [0.29, 0.717) is 40.0 Å². The van der Waals surface area contributed by atoms with Gasteiger partial charge in [0.05, 0.1) is 5.56 Å². The molecule has 2 aliphatic heterocycles. The van der Waals surface area contributed by atoms with Crippen LogP contribution >= 0.6 is 11.8 Å². The molecule has 8 heteroatoms. The number of ether oxygens (including phenoxy) is 2. The van der Waals surface area contributed by atoms with Gasteiger partial charge in [-0.25, -0.2) is 4.98 Å². The van der Waals surface area contributed by atoms with Gasteiger partial charge in [0.2, 0.25) is 6.79 Å². The monoisotopic (exact) mass is 411 g/mol. The quantitative estimate of drug-likeness (QED) is 0.587. The Hall–Kier alpha value is -2.74. The van der Waals surface area contributed by atoms with Gasteiger partial charge < -0.3 is 19.8 Å². The van der Waals surface area contributed by atoms with E-state index in [1.54, 1.807) is 0 Å². The Balaban J connectivity index is 1.68. The molecular formula is C21H21N3O4S. The van der Waals surface area contributed by atoms with Crippen molar-refractivity contribution in [2.24, 2.45) is 0 Å². The number of hydrogen-bond donors (Lipinski definition) is 2. The van der Waals surface area contributed by atoms with Crippen LogP contribution in [0.4, 0.5) is 5.82 Å². The fraction of sp³-hybridized carbons (Fsp3) is 0.381. The summed E-state index contributed by atoms with van der Waals surface area (Å²) >= 11 is 1.52. The van der Waals surface area contributed by atoms with Crippen molar-refractivity contribution >= 4 is 23.4 Å². The third-order valence-corrected chi connectivity index (χ3v) is 6.49. The average Bonchev–Trinajstić information content (AvgIpc) is 3.19. The summed E-state index contributed by atoms with van der Waals surface area (Å²) in [6.07, 6.45) is 3.05. The topological polar surface area (TPSA) is 93.3 Å². The van der Waals surface area contributed by atoms with Crippen LogP contribution in [0.5, 0.6) is 11.5 Å². The molecular weight excluding hydrogens is 390 g/mol. The van der Waals surface area contributed by atoms with Crippen molar-refractivity contribution in [3.63, 3.8) is 0 Å². The van der Waals surface area contributed by atoms with E-state index < -0.39 is 5.92 Å². The Kier molecular flexibility index (Phi) is 4.58. The first-order valence-corrected chi connectivity index (χ1v) is 10.8. The molecule has 0 saturated heterocycles. The smallest absolute Gasteiger partial charge is 0.257 e. The van der Waals surface area contributed by atoms with E-state index in [4.69, 9.17) is 9.47 Å². The first-order chi connectivity index (χ1) is 14.2. The van der Waals surface area contributed by atoms with Gasteiger partial charge in [-0.15, -0.1) is 0 Å². The number of rotatable bonds is 4. The molecule has 1 aromatic carbocycles. The third kappa shape index (κ3) is 3.11. The molecule has 0 fully saturated rings. The number of H-pyrrole nitrogens is 1. The maximum Gasteiger partial charge on any atom is 0.257 e. The molecule has 0 bridgehead atoms. The summed E-state index contributed by atoms with van der Waals surface area (Å²) in [5.41, 5.74) is 2.65. The molecule has 7 nitrogen and oxygen atoms in total. The third-order valence-electron chi connectivity index (χ3n) is 5.41. The average molecular weight is 411 g/mol. The Labute approximate surface area is 171 Å². The first-order valence-electron chi connectivity index (χ1n) is 9.85. The minimum absolute atomic E-state index is 0.0795. The fourth-order valence-corrected chi connectivity index (χ4v) is 4.85. The lowest BCUT2D eigenvalue weighted by atomic mass is 9.76. The van der Waals surface area contributed by atoms with Gasteiger partial charge in [-0.3, -0.25) is 9.59 Å². The minimum atomic E-state index is -0.468. The second kappa shape index (κ2) is 7.26. The molecule has 3 heterocycles. The van der Waals surface area contributed by atoms with Gasteiger partial charge in [0.25, 0.3) is 5.56 Å². The molecule has 1 atom stereocenters. The molecule has 150 valence electrons. The first kappa shape index (κ1) is 18.3. The molecule has 29 heavy (non-hydrogen) atoms. The van der Waals surface area contributed by atoms with E-state index in [9.17, 15) is 9.59 Å². The summed E-state index contributed by atoms with van der Waals surface area (Å²) in [4.78, 5) is 33.6. The normalized spacial score (nSPS) is 19.6. The largest absolute Gasteiger partial charge is 0.454 e. The van der Waals surface area contributed by atoms with Crippen LogP contribution in [0.15, 0.2) is 39.4 Å². The summed E-state index contributed by atoms with van der Waals surface area (Å²) in [6, 6.07) is 5.60. The van der Waals surface area contributed by atoms with E-state index in [-0.39, 0.29) is 18.1 Å². The zero-order valence-corrected chi connectivity index (χ0v) is 16.9. The van der Waals surface area contributed by atoms with Crippen molar-refractivity contribution in [2.45, 2.75) is 43.7 Å². The molecule has 1 aliphatic carbocycles. The zero-order valence-electron chi connectivity index (χ0n) is 16.0. The number of Topliss-reactive ketones (excluding diaryl/α,β-unsaturated/α-hetero) is 1. The number of hydrogen-bond acceptors (Lipinski definition) is 7. The highest BCUT2D eigenvalue weighted by molar-refractivity contribution is 7.99. The number of ketones is 1. The van der Waals surface area contributed by atoms with Crippen LogP contribution in [-0.4, -0.2) is 28.3 Å². The standard InChI is InChI=1S/C21H21N3O4S/c1-2-8-29-21-23-19-18(20(26)24-21)16(17-12(22-19)4-3-5-13(17)25)11-6-7-14-15(9-11)28-10-27-14/h6-7,9,16H,2-5,8,10H2,1H3,(H2,22,23,24,26)/t16-/m0/s1. The predicted octanol–water partition coefficient (Wildman–Crippen LogP) is 3.57. The molecule has 5 rings (SSSR count). The van der Waals surface area contributed by atoms with E-state index >= 15 is 0 Å². The molecule has 0 unspecified atom stereocenters. The zero-order chi connectivity index (χ0) is 20.0. The summed E-state index contributed by atoms with van der Waals surface area (Å²) in [7, 11) is 0. The van der Waals surface area contributed by atoms with Gasteiger partial charge >= 0.3 is 0 Å². The number of aromatic amines is 1. The lowest BCUT2D eigenvalue weighted by Crippen LogP contribution is -2.32. The van der Waals surface area contributed by atoms with Crippen LogP contribution in [0.25, 0.3) is 0 Å². The van der Waals surface area contributed by atoms with Crippen molar-refractivity contribution < 1.29 is 14.3 Å². The Bertz CT molecular complexity index is 1090. The molecule has 0 amide bonds. The van der Waals surface area contributed by atoms with Crippen molar-refractivity contribution in [3.8, 4) is 11.5 Å². The molecule has 2 aromatic rings. The highest BCUT2D eigenvalue weighted by Gasteiger charge is 2.38. The highest BCUT2D eigenvalue weighted by Crippen LogP contribution is 2.45. The lowest BCUT2D eigenvalue weighted by molar-refractivity contribution is -0.116. The maximum absolute atomic E-state index is 13.1. The van der Waals surface area contributed by atoms with E-state index in [1.807, 2.05) is 18.2 Å². The van der Waals surface area contributed by atoms with Crippen LogP contribution in [0.3, 0.4) is 0 Å². The van der Waals surface area contributed by atoms with Gasteiger partial charge in [-0.2, -0.15) is 0 Å². The van der Waals surface area contributed by atoms with Gasteiger partial charge in [0.1, 0.15) is 5.82 Å². The van der Waals surface area contributed by atoms with Crippen molar-refractivity contribution in [1.82, 2.24) is 9.97 Å². The highest BCUT2D eigenvalue weighted by atomic mass is 32.2. The number of benzene rings is 1. The number of carbonyl (C=O) groups excluding carboxylic acids is 1. The second-order valence-corrected chi connectivity index (χ2v) is 8.41. The lowest BCUT2D eigenvalue weighted by Gasteiger charge is -2.32. The number of thioether (sulfide) groups is 1. The minimum Gasteiger partial charge on any atom is -0.454 e. The van der Waals surface area contributed by atoms with E-state index in [1.165, 1.54) is 11.8 Å². The number of carbonyl (C=O) groups is 1. The van der Waals surface area contributed by atoms with Crippen molar-refractivity contribution in [2.75, 3.05) is 17.9 Å². The Morgan fingerprint density at radius 1 is 1.21 bits per heavy atom. The van der Waals surface area contributed by atoms with Crippen LogP contribution < -0.4 is 20.3 Å². The fourth-order valence-electron chi connectivity index (χ4n) is 4.13. The van der Waals surface area contributed by atoms with E-state index in [2.05, 4.69) is 22.2 Å². The number of allylic oxidation sites excluding steroid dienone is 2. The molecule has 0 radical (unpaired) electrons. The summed E-state index contributed by atoms with van der Waals surface area (Å²) < 4.78 is 10.9. The van der Waals surface area contributed by atoms with Crippen LogP contribution in [0.1, 0.15) is 49.7 Å². The van der Waals surface area contributed by atoms with Gasteiger partial charge in [-0.1, -0.05) is 24.8 Å². The summed E-state index contributed by atoms with van der Waals surface area (Å²) in [6.45, 7) is 2.26.